The number of amides is 2. The highest BCUT2D eigenvalue weighted by Gasteiger charge is 2.35. The van der Waals surface area contributed by atoms with E-state index >= 15 is 0 Å². The first kappa shape index (κ1) is 13.9. The fourth-order valence-electron chi connectivity index (χ4n) is 3.15. The van der Waals surface area contributed by atoms with E-state index in [0.29, 0.717) is 6.04 Å². The van der Waals surface area contributed by atoms with Crippen molar-refractivity contribution < 1.29 is 4.79 Å². The van der Waals surface area contributed by atoms with E-state index < -0.39 is 0 Å². The average molecular weight is 338 g/mol. The highest BCUT2D eigenvalue weighted by Crippen LogP contribution is 2.28. The van der Waals surface area contributed by atoms with Gasteiger partial charge >= 0.3 is 6.03 Å². The molecule has 0 radical (unpaired) electrons. The molecule has 1 atom stereocenters. The van der Waals surface area contributed by atoms with Gasteiger partial charge in [0.1, 0.15) is 0 Å². The lowest BCUT2D eigenvalue weighted by Crippen LogP contribution is -2.44. The van der Waals surface area contributed by atoms with Crippen LogP contribution in [0.25, 0.3) is 0 Å². The number of carbonyl (C=O) groups excluding carboxylic acids is 1. The molecule has 4 nitrogen and oxygen atoms in total. The number of aryl methyl sites for hydroxylation is 1. The number of nitrogens with one attached hydrogen (secondary N) is 2. The second kappa shape index (κ2) is 5.74. The molecule has 20 heavy (non-hydrogen) atoms. The minimum absolute atomic E-state index is 0.0845. The first-order valence-corrected chi connectivity index (χ1v) is 7.98. The van der Waals surface area contributed by atoms with Gasteiger partial charge in [-0.25, -0.2) is 4.79 Å². The number of nitrogens with zero attached hydrogens (tertiary/aromatic N) is 1. The third-order valence-electron chi connectivity index (χ3n) is 4.30. The Kier molecular flexibility index (Phi) is 3.98. The zero-order valence-electron chi connectivity index (χ0n) is 11.7. The van der Waals surface area contributed by atoms with Crippen molar-refractivity contribution in [3.8, 4) is 0 Å². The fraction of sp³-hybridized carbons (Fsp3) is 0.533. The second-order valence-electron chi connectivity index (χ2n) is 5.64. The third-order valence-corrected chi connectivity index (χ3v) is 4.80. The van der Waals surface area contributed by atoms with Crippen molar-refractivity contribution in [2.24, 2.45) is 0 Å². The third kappa shape index (κ3) is 2.69. The standard InChI is InChI=1S/C15H20BrN3O/c1-10-2-3-11(16)8-13(10)14-9-19(15(20)18-14)12-4-6-17-7-5-12/h2-3,8,12,14,17H,4-7,9H2,1H3,(H,18,20). The van der Waals surface area contributed by atoms with Gasteiger partial charge in [-0.05, 0) is 56.1 Å². The summed E-state index contributed by atoms with van der Waals surface area (Å²) in [6.07, 6.45) is 2.11. The number of hydrogen-bond donors (Lipinski definition) is 2. The van der Waals surface area contributed by atoms with Crippen LogP contribution in [0.5, 0.6) is 0 Å². The number of halogens is 1. The monoisotopic (exact) mass is 337 g/mol. The van der Waals surface area contributed by atoms with Crippen LogP contribution in [-0.2, 0) is 0 Å². The lowest BCUT2D eigenvalue weighted by atomic mass is 10.0. The average Bonchev–Trinajstić information content (AvgIpc) is 2.84. The van der Waals surface area contributed by atoms with Gasteiger partial charge in [0.15, 0.2) is 0 Å². The highest BCUT2D eigenvalue weighted by atomic mass is 79.9. The smallest absolute Gasteiger partial charge is 0.318 e. The molecule has 2 fully saturated rings. The topological polar surface area (TPSA) is 44.4 Å². The summed E-state index contributed by atoms with van der Waals surface area (Å²) in [6.45, 7) is 4.89. The lowest BCUT2D eigenvalue weighted by Gasteiger charge is -2.30. The van der Waals surface area contributed by atoms with Crippen molar-refractivity contribution in [2.45, 2.75) is 31.8 Å². The van der Waals surface area contributed by atoms with Crippen LogP contribution in [0.4, 0.5) is 4.79 Å². The molecule has 108 valence electrons. The second-order valence-corrected chi connectivity index (χ2v) is 6.55. The predicted octanol–water partition coefficient (Wildman–Crippen LogP) is 2.58. The van der Waals surface area contributed by atoms with Gasteiger partial charge in [-0.1, -0.05) is 22.0 Å². The van der Waals surface area contributed by atoms with E-state index in [0.717, 1.165) is 36.9 Å². The molecule has 3 rings (SSSR count). The van der Waals surface area contributed by atoms with Crippen LogP contribution >= 0.6 is 15.9 Å². The van der Waals surface area contributed by atoms with Gasteiger partial charge < -0.3 is 15.5 Å². The largest absolute Gasteiger partial charge is 0.329 e. The summed E-state index contributed by atoms with van der Waals surface area (Å²) >= 11 is 3.52. The molecule has 0 aliphatic carbocycles. The van der Waals surface area contributed by atoms with E-state index in [4.69, 9.17) is 0 Å². The minimum Gasteiger partial charge on any atom is -0.329 e. The number of carbonyl (C=O) groups is 1. The summed E-state index contributed by atoms with van der Waals surface area (Å²) in [5.74, 6) is 0. The van der Waals surface area contributed by atoms with Gasteiger partial charge in [-0.2, -0.15) is 0 Å². The Labute approximate surface area is 128 Å². The van der Waals surface area contributed by atoms with E-state index in [9.17, 15) is 4.79 Å². The highest BCUT2D eigenvalue weighted by molar-refractivity contribution is 9.10. The van der Waals surface area contributed by atoms with Crippen molar-refractivity contribution in [1.29, 1.82) is 0 Å². The summed E-state index contributed by atoms with van der Waals surface area (Å²) in [5.41, 5.74) is 2.44. The Morgan fingerprint density at radius 2 is 2.05 bits per heavy atom. The van der Waals surface area contributed by atoms with Gasteiger partial charge in [-0.3, -0.25) is 0 Å². The van der Waals surface area contributed by atoms with Crippen LogP contribution in [-0.4, -0.2) is 36.6 Å². The van der Waals surface area contributed by atoms with Gasteiger partial charge in [-0.15, -0.1) is 0 Å². The van der Waals surface area contributed by atoms with Gasteiger partial charge in [0.2, 0.25) is 0 Å². The molecule has 2 aliphatic rings. The van der Waals surface area contributed by atoms with Crippen LogP contribution in [0, 0.1) is 6.92 Å². The Morgan fingerprint density at radius 3 is 2.80 bits per heavy atom. The van der Waals surface area contributed by atoms with E-state index in [2.05, 4.69) is 45.6 Å². The van der Waals surface area contributed by atoms with E-state index in [1.165, 1.54) is 11.1 Å². The summed E-state index contributed by atoms with van der Waals surface area (Å²) in [7, 11) is 0. The SMILES string of the molecule is Cc1ccc(Br)cc1C1CN(C2CCNCC2)C(=O)N1. The molecule has 5 heteroatoms. The Hall–Kier alpha value is -1.07. The van der Waals surface area contributed by atoms with Crippen LogP contribution in [0.15, 0.2) is 22.7 Å². The molecule has 2 amide bonds. The summed E-state index contributed by atoms with van der Waals surface area (Å²) in [6, 6.07) is 6.83. The van der Waals surface area contributed by atoms with Crippen molar-refractivity contribution in [1.82, 2.24) is 15.5 Å². The molecule has 1 aromatic carbocycles. The zero-order valence-corrected chi connectivity index (χ0v) is 13.2. The quantitative estimate of drug-likeness (QED) is 0.871. The number of urea groups is 1. The van der Waals surface area contributed by atoms with Gasteiger partial charge in [0, 0.05) is 17.1 Å². The summed E-state index contributed by atoms with van der Waals surface area (Å²) in [4.78, 5) is 14.3. The maximum Gasteiger partial charge on any atom is 0.318 e. The van der Waals surface area contributed by atoms with Crippen molar-refractivity contribution in [3.05, 3.63) is 33.8 Å². The predicted molar refractivity (Wildman–Crippen MR) is 82.7 cm³/mol. The maximum absolute atomic E-state index is 12.2. The molecule has 1 aromatic rings. The van der Waals surface area contributed by atoms with Crippen LogP contribution < -0.4 is 10.6 Å². The molecule has 1 unspecified atom stereocenters. The first-order chi connectivity index (χ1) is 9.65. The molecular weight excluding hydrogens is 318 g/mol. The van der Waals surface area contributed by atoms with Gasteiger partial charge in [0.25, 0.3) is 0 Å². The molecule has 0 saturated carbocycles. The lowest BCUT2D eigenvalue weighted by molar-refractivity contribution is 0.182. The van der Waals surface area contributed by atoms with Crippen molar-refractivity contribution in [3.63, 3.8) is 0 Å². The fourth-order valence-corrected chi connectivity index (χ4v) is 3.53. The molecule has 0 spiro atoms. The number of benzene rings is 1. The number of rotatable bonds is 2. The normalized spacial score (nSPS) is 24.0. The molecule has 2 N–H and O–H groups in total. The molecular formula is C15H20BrN3O. The molecule has 2 heterocycles. The molecule has 2 saturated heterocycles. The van der Waals surface area contributed by atoms with Crippen LogP contribution in [0.2, 0.25) is 0 Å². The van der Waals surface area contributed by atoms with Crippen LogP contribution in [0.3, 0.4) is 0 Å². The number of piperidine rings is 1. The van der Waals surface area contributed by atoms with Crippen molar-refractivity contribution in [2.75, 3.05) is 19.6 Å². The van der Waals surface area contributed by atoms with E-state index in [-0.39, 0.29) is 12.1 Å². The molecule has 0 bridgehead atoms. The maximum atomic E-state index is 12.2. The molecule has 0 aromatic heterocycles. The zero-order chi connectivity index (χ0) is 14.1. The first-order valence-electron chi connectivity index (χ1n) is 7.19. The Bertz CT molecular complexity index is 514. The Balaban J connectivity index is 1.77. The van der Waals surface area contributed by atoms with Gasteiger partial charge in [0.05, 0.1) is 6.04 Å². The van der Waals surface area contributed by atoms with E-state index in [1.54, 1.807) is 0 Å². The molecule has 2 aliphatic heterocycles. The van der Waals surface area contributed by atoms with Crippen LogP contribution in [0.1, 0.15) is 30.0 Å². The Morgan fingerprint density at radius 1 is 1.30 bits per heavy atom. The van der Waals surface area contributed by atoms with Crippen molar-refractivity contribution >= 4 is 22.0 Å². The summed E-state index contributed by atoms with van der Waals surface area (Å²) in [5, 5.41) is 6.48. The van der Waals surface area contributed by atoms with E-state index in [1.807, 2.05) is 11.0 Å². The minimum atomic E-state index is 0.0845. The number of hydrogen-bond acceptors (Lipinski definition) is 2. The summed E-state index contributed by atoms with van der Waals surface area (Å²) < 4.78 is 1.06.